The van der Waals surface area contributed by atoms with Gasteiger partial charge in [-0.1, -0.05) is 0 Å². The molecule has 0 aliphatic carbocycles. The van der Waals surface area contributed by atoms with E-state index in [1.807, 2.05) is 11.6 Å². The lowest BCUT2D eigenvalue weighted by Crippen LogP contribution is -2.44. The molecule has 1 aromatic heterocycles. The van der Waals surface area contributed by atoms with Crippen molar-refractivity contribution >= 4 is 0 Å². The van der Waals surface area contributed by atoms with Gasteiger partial charge in [-0.3, -0.25) is 0 Å². The van der Waals surface area contributed by atoms with E-state index in [-0.39, 0.29) is 6.04 Å². The van der Waals surface area contributed by atoms with Gasteiger partial charge in [0.25, 0.3) is 0 Å². The second-order valence-corrected chi connectivity index (χ2v) is 5.64. The van der Waals surface area contributed by atoms with Crippen LogP contribution in [0.2, 0.25) is 0 Å². The van der Waals surface area contributed by atoms with Crippen LogP contribution in [0, 0.1) is 5.92 Å². The summed E-state index contributed by atoms with van der Waals surface area (Å²) in [5, 5.41) is 11.8. The molecule has 5 nitrogen and oxygen atoms in total. The van der Waals surface area contributed by atoms with Crippen LogP contribution in [0.5, 0.6) is 0 Å². The number of hydrogen-bond acceptors (Lipinski definition) is 4. The number of hydrogen-bond donors (Lipinski definition) is 1. The van der Waals surface area contributed by atoms with Crippen molar-refractivity contribution in [2.45, 2.75) is 38.8 Å². The second kappa shape index (κ2) is 5.80. The minimum atomic E-state index is 0.250. The van der Waals surface area contributed by atoms with Gasteiger partial charge in [-0.2, -0.15) is 0 Å². The molecule has 3 unspecified atom stereocenters. The first-order valence-corrected chi connectivity index (χ1v) is 6.86. The van der Waals surface area contributed by atoms with Gasteiger partial charge < -0.3 is 14.8 Å². The van der Waals surface area contributed by atoms with Crippen molar-refractivity contribution in [1.82, 2.24) is 25.0 Å². The lowest BCUT2D eigenvalue weighted by atomic mass is 9.91. The molecule has 0 aromatic carbocycles. The van der Waals surface area contributed by atoms with Crippen LogP contribution in [0.25, 0.3) is 0 Å². The molecule has 1 saturated heterocycles. The predicted octanol–water partition coefficient (Wildman–Crippen LogP) is 1.20. The summed E-state index contributed by atoms with van der Waals surface area (Å²) < 4.78 is 1.98. The van der Waals surface area contributed by atoms with Gasteiger partial charge >= 0.3 is 0 Å². The molecule has 0 spiro atoms. The Labute approximate surface area is 110 Å². The second-order valence-electron chi connectivity index (χ2n) is 5.64. The van der Waals surface area contributed by atoms with Crippen molar-refractivity contribution in [3.63, 3.8) is 0 Å². The third-order valence-electron chi connectivity index (χ3n) is 4.01. The first kappa shape index (κ1) is 13.5. The Morgan fingerprint density at radius 3 is 2.78 bits per heavy atom. The molecule has 0 bridgehead atoms. The van der Waals surface area contributed by atoms with Gasteiger partial charge in [-0.25, -0.2) is 0 Å². The monoisotopic (exact) mass is 251 g/mol. The van der Waals surface area contributed by atoms with Crippen LogP contribution in [0.4, 0.5) is 0 Å². The van der Waals surface area contributed by atoms with Gasteiger partial charge in [0, 0.05) is 19.6 Å². The first-order valence-electron chi connectivity index (χ1n) is 6.86. The maximum Gasteiger partial charge on any atom is 0.149 e. The van der Waals surface area contributed by atoms with Crippen LogP contribution in [0.3, 0.4) is 0 Å². The molecule has 1 aliphatic heterocycles. The highest BCUT2D eigenvalue weighted by atomic mass is 15.3. The molecule has 102 valence electrons. The Morgan fingerprint density at radius 1 is 1.39 bits per heavy atom. The molecule has 0 amide bonds. The summed E-state index contributed by atoms with van der Waals surface area (Å²) in [5.41, 5.74) is 0. The van der Waals surface area contributed by atoms with Gasteiger partial charge in [0.05, 0.1) is 6.04 Å². The molecule has 2 heterocycles. The molecule has 1 fully saturated rings. The predicted molar refractivity (Wildman–Crippen MR) is 72.2 cm³/mol. The molecule has 1 aromatic rings. The summed E-state index contributed by atoms with van der Waals surface area (Å²) in [6.45, 7) is 6.88. The number of likely N-dealkylation sites (tertiary alicyclic amines) is 1. The molecule has 18 heavy (non-hydrogen) atoms. The van der Waals surface area contributed by atoms with Crippen LogP contribution in [-0.2, 0) is 7.05 Å². The highest BCUT2D eigenvalue weighted by Crippen LogP contribution is 2.20. The summed E-state index contributed by atoms with van der Waals surface area (Å²) in [5.74, 6) is 1.74. The molecule has 1 aliphatic rings. The lowest BCUT2D eigenvalue weighted by molar-refractivity contribution is 0.173. The molecular weight excluding hydrogens is 226 g/mol. The lowest BCUT2D eigenvalue weighted by Gasteiger charge is -2.35. The smallest absolute Gasteiger partial charge is 0.149 e. The van der Waals surface area contributed by atoms with Crippen molar-refractivity contribution < 1.29 is 0 Å². The quantitative estimate of drug-likeness (QED) is 0.873. The normalized spacial score (nSPS) is 25.0. The Balaban J connectivity index is 1.90. The summed E-state index contributed by atoms with van der Waals surface area (Å²) in [6, 6.07) is 0.763. The number of rotatable bonds is 4. The van der Waals surface area contributed by atoms with Crippen molar-refractivity contribution in [3.05, 3.63) is 12.2 Å². The molecule has 5 heteroatoms. The van der Waals surface area contributed by atoms with Gasteiger partial charge in [-0.15, -0.1) is 10.2 Å². The molecule has 0 radical (unpaired) electrons. The molecule has 3 atom stereocenters. The zero-order valence-electron chi connectivity index (χ0n) is 11.9. The fourth-order valence-corrected chi connectivity index (χ4v) is 2.90. The third-order valence-corrected chi connectivity index (χ3v) is 4.01. The minimum Gasteiger partial charge on any atom is -0.319 e. The van der Waals surface area contributed by atoms with Crippen molar-refractivity contribution in [3.8, 4) is 0 Å². The van der Waals surface area contributed by atoms with E-state index in [1.165, 1.54) is 25.9 Å². The van der Waals surface area contributed by atoms with E-state index in [0.29, 0.717) is 6.04 Å². The standard InChI is InChI=1S/C13H25N5/c1-10(12-6-5-7-17(3)8-12)15-11(2)13-16-14-9-18(13)4/h9-12,15H,5-8H2,1-4H3. The van der Waals surface area contributed by atoms with Crippen LogP contribution < -0.4 is 5.32 Å². The maximum atomic E-state index is 4.17. The largest absolute Gasteiger partial charge is 0.319 e. The van der Waals surface area contributed by atoms with Crippen LogP contribution in [0.1, 0.15) is 38.6 Å². The van der Waals surface area contributed by atoms with Gasteiger partial charge in [0.1, 0.15) is 12.2 Å². The zero-order valence-corrected chi connectivity index (χ0v) is 11.9. The van der Waals surface area contributed by atoms with Crippen LogP contribution in [-0.4, -0.2) is 45.8 Å². The van der Waals surface area contributed by atoms with E-state index in [9.17, 15) is 0 Å². The van der Waals surface area contributed by atoms with E-state index >= 15 is 0 Å². The highest BCUT2D eigenvalue weighted by Gasteiger charge is 2.24. The summed E-state index contributed by atoms with van der Waals surface area (Å²) in [7, 11) is 4.21. The number of nitrogens with zero attached hydrogens (tertiary/aromatic N) is 4. The maximum absolute atomic E-state index is 4.17. The number of nitrogens with one attached hydrogen (secondary N) is 1. The SMILES string of the molecule is CC(NC(C)C1CCCN(C)C1)c1nncn1C. The minimum absolute atomic E-state index is 0.250. The van der Waals surface area contributed by atoms with E-state index in [0.717, 1.165) is 11.7 Å². The Hall–Kier alpha value is -0.940. The summed E-state index contributed by atoms with van der Waals surface area (Å²) >= 11 is 0. The Bertz CT molecular complexity index is 375. The molecule has 2 rings (SSSR count). The van der Waals surface area contributed by atoms with E-state index in [4.69, 9.17) is 0 Å². The average molecular weight is 251 g/mol. The Morgan fingerprint density at radius 2 is 2.17 bits per heavy atom. The number of piperidine rings is 1. The van der Waals surface area contributed by atoms with Gasteiger partial charge in [-0.05, 0) is 46.2 Å². The first-order chi connectivity index (χ1) is 8.58. The van der Waals surface area contributed by atoms with Crippen molar-refractivity contribution in [2.75, 3.05) is 20.1 Å². The van der Waals surface area contributed by atoms with Crippen LogP contribution in [0.15, 0.2) is 6.33 Å². The number of aromatic nitrogens is 3. The zero-order chi connectivity index (χ0) is 13.1. The third kappa shape index (κ3) is 3.09. The highest BCUT2D eigenvalue weighted by molar-refractivity contribution is 4.94. The summed E-state index contributed by atoms with van der Waals surface area (Å²) in [4.78, 5) is 2.43. The van der Waals surface area contributed by atoms with Crippen LogP contribution >= 0.6 is 0 Å². The fourth-order valence-electron chi connectivity index (χ4n) is 2.90. The van der Waals surface area contributed by atoms with Crippen molar-refractivity contribution in [1.29, 1.82) is 0 Å². The molecule has 0 saturated carbocycles. The fraction of sp³-hybridized carbons (Fsp3) is 0.846. The number of aryl methyl sites for hydroxylation is 1. The topological polar surface area (TPSA) is 46.0 Å². The Kier molecular flexibility index (Phi) is 4.35. The van der Waals surface area contributed by atoms with Crippen molar-refractivity contribution in [2.24, 2.45) is 13.0 Å². The van der Waals surface area contributed by atoms with E-state index in [1.54, 1.807) is 6.33 Å². The summed E-state index contributed by atoms with van der Waals surface area (Å²) in [6.07, 6.45) is 4.39. The van der Waals surface area contributed by atoms with Gasteiger partial charge in [0.2, 0.25) is 0 Å². The molecule has 1 N–H and O–H groups in total. The molecular formula is C13H25N5. The van der Waals surface area contributed by atoms with Gasteiger partial charge in [0.15, 0.2) is 0 Å². The average Bonchev–Trinajstić information content (AvgIpc) is 2.75. The van der Waals surface area contributed by atoms with E-state index < -0.39 is 0 Å². The van der Waals surface area contributed by atoms with E-state index in [2.05, 4.69) is 41.3 Å².